The maximum atomic E-state index is 5.83. The molecular weight excluding hydrogens is 280 g/mol. The second-order valence-corrected chi connectivity index (χ2v) is 5.10. The molecule has 0 bridgehead atoms. The van der Waals surface area contributed by atoms with Gasteiger partial charge in [-0.15, -0.1) is 5.10 Å². The SMILES string of the molecule is NCc1c(-c2ccccc2Br)nnn1C1CC1. The summed E-state index contributed by atoms with van der Waals surface area (Å²) in [6, 6.07) is 8.53. The first-order valence-corrected chi connectivity index (χ1v) is 6.49. The van der Waals surface area contributed by atoms with Gasteiger partial charge in [-0.3, -0.25) is 0 Å². The lowest BCUT2D eigenvalue weighted by molar-refractivity contribution is 0.583. The van der Waals surface area contributed by atoms with Crippen LogP contribution < -0.4 is 5.73 Å². The van der Waals surface area contributed by atoms with Crippen molar-refractivity contribution in [2.24, 2.45) is 5.73 Å². The molecule has 0 atom stereocenters. The third kappa shape index (κ3) is 1.89. The minimum absolute atomic E-state index is 0.472. The molecule has 1 fully saturated rings. The first kappa shape index (κ1) is 10.9. The van der Waals surface area contributed by atoms with Crippen molar-refractivity contribution in [1.82, 2.24) is 15.0 Å². The molecule has 17 heavy (non-hydrogen) atoms. The molecule has 0 radical (unpaired) electrons. The highest BCUT2D eigenvalue weighted by atomic mass is 79.9. The third-order valence-corrected chi connectivity index (χ3v) is 3.70. The van der Waals surface area contributed by atoms with Crippen LogP contribution in [0, 0.1) is 0 Å². The Kier molecular flexibility index (Phi) is 2.72. The van der Waals surface area contributed by atoms with Crippen molar-refractivity contribution in [3.05, 3.63) is 34.4 Å². The third-order valence-electron chi connectivity index (χ3n) is 3.01. The van der Waals surface area contributed by atoms with Crippen molar-refractivity contribution >= 4 is 15.9 Å². The van der Waals surface area contributed by atoms with E-state index in [1.165, 1.54) is 12.8 Å². The number of halogens is 1. The summed E-state index contributed by atoms with van der Waals surface area (Å²) in [5.41, 5.74) is 8.81. The van der Waals surface area contributed by atoms with Gasteiger partial charge >= 0.3 is 0 Å². The number of hydrogen-bond acceptors (Lipinski definition) is 3. The van der Waals surface area contributed by atoms with Gasteiger partial charge in [0.2, 0.25) is 0 Å². The van der Waals surface area contributed by atoms with E-state index in [1.54, 1.807) is 0 Å². The van der Waals surface area contributed by atoms with Crippen molar-refractivity contribution in [2.45, 2.75) is 25.4 Å². The van der Waals surface area contributed by atoms with Crippen LogP contribution in [0.15, 0.2) is 28.7 Å². The molecule has 2 N–H and O–H groups in total. The molecule has 0 amide bonds. The lowest BCUT2D eigenvalue weighted by atomic mass is 10.1. The Balaban J connectivity index is 2.11. The first-order chi connectivity index (χ1) is 8.31. The molecule has 0 aliphatic heterocycles. The monoisotopic (exact) mass is 292 g/mol. The largest absolute Gasteiger partial charge is 0.325 e. The average Bonchev–Trinajstić information content (AvgIpc) is 3.10. The van der Waals surface area contributed by atoms with E-state index < -0.39 is 0 Å². The van der Waals surface area contributed by atoms with Crippen molar-refractivity contribution in [2.75, 3.05) is 0 Å². The number of nitrogens with two attached hydrogens (primary N) is 1. The summed E-state index contributed by atoms with van der Waals surface area (Å²) in [7, 11) is 0. The van der Waals surface area contributed by atoms with E-state index in [0.29, 0.717) is 12.6 Å². The fraction of sp³-hybridized carbons (Fsp3) is 0.333. The summed E-state index contributed by atoms with van der Waals surface area (Å²) in [6.45, 7) is 0.472. The molecule has 88 valence electrons. The van der Waals surface area contributed by atoms with Crippen LogP contribution in [0.2, 0.25) is 0 Å². The Morgan fingerprint density at radius 3 is 2.76 bits per heavy atom. The summed E-state index contributed by atoms with van der Waals surface area (Å²) in [5, 5.41) is 8.51. The number of aromatic nitrogens is 3. The van der Waals surface area contributed by atoms with Crippen molar-refractivity contribution in [3.8, 4) is 11.3 Å². The maximum Gasteiger partial charge on any atom is 0.118 e. The fourth-order valence-electron chi connectivity index (χ4n) is 1.98. The summed E-state index contributed by atoms with van der Waals surface area (Å²) in [4.78, 5) is 0. The smallest absolute Gasteiger partial charge is 0.118 e. The Morgan fingerprint density at radius 2 is 2.12 bits per heavy atom. The van der Waals surface area contributed by atoms with Crippen LogP contribution in [0.4, 0.5) is 0 Å². The zero-order valence-electron chi connectivity index (χ0n) is 9.31. The Bertz CT molecular complexity index is 545. The van der Waals surface area contributed by atoms with Crippen LogP contribution in [-0.2, 0) is 6.54 Å². The molecular formula is C12H13BrN4. The molecule has 2 aromatic rings. The van der Waals surface area contributed by atoms with E-state index in [0.717, 1.165) is 21.4 Å². The molecule has 1 aliphatic carbocycles. The van der Waals surface area contributed by atoms with E-state index in [4.69, 9.17) is 5.73 Å². The van der Waals surface area contributed by atoms with Crippen LogP contribution >= 0.6 is 15.9 Å². The highest BCUT2D eigenvalue weighted by Crippen LogP contribution is 2.37. The zero-order chi connectivity index (χ0) is 11.8. The summed E-state index contributed by atoms with van der Waals surface area (Å²) in [6.07, 6.45) is 2.37. The van der Waals surface area contributed by atoms with E-state index in [9.17, 15) is 0 Å². The van der Waals surface area contributed by atoms with Gasteiger partial charge in [-0.25, -0.2) is 4.68 Å². The molecule has 4 nitrogen and oxygen atoms in total. The Labute approximate surface area is 108 Å². The molecule has 0 unspecified atom stereocenters. The molecule has 3 rings (SSSR count). The average molecular weight is 293 g/mol. The fourth-order valence-corrected chi connectivity index (χ4v) is 2.45. The lowest BCUT2D eigenvalue weighted by Crippen LogP contribution is -2.08. The number of benzene rings is 1. The normalized spacial score (nSPS) is 15.2. The van der Waals surface area contributed by atoms with E-state index >= 15 is 0 Å². The van der Waals surface area contributed by atoms with E-state index in [-0.39, 0.29) is 0 Å². The number of nitrogens with zero attached hydrogens (tertiary/aromatic N) is 3. The van der Waals surface area contributed by atoms with Crippen molar-refractivity contribution in [1.29, 1.82) is 0 Å². The van der Waals surface area contributed by atoms with Gasteiger partial charge in [0.1, 0.15) is 5.69 Å². The van der Waals surface area contributed by atoms with Crippen molar-refractivity contribution < 1.29 is 0 Å². The van der Waals surface area contributed by atoms with Gasteiger partial charge in [0.15, 0.2) is 0 Å². The van der Waals surface area contributed by atoms with Crippen LogP contribution in [0.3, 0.4) is 0 Å². The molecule has 1 aromatic carbocycles. The molecule has 0 spiro atoms. The van der Waals surface area contributed by atoms with Crippen LogP contribution in [0.1, 0.15) is 24.6 Å². The Morgan fingerprint density at radius 1 is 1.35 bits per heavy atom. The summed E-state index contributed by atoms with van der Waals surface area (Å²) in [5.74, 6) is 0. The van der Waals surface area contributed by atoms with Gasteiger partial charge in [0.05, 0.1) is 11.7 Å². The van der Waals surface area contributed by atoms with E-state index in [1.807, 2.05) is 28.9 Å². The molecule has 1 heterocycles. The van der Waals surface area contributed by atoms with E-state index in [2.05, 4.69) is 26.2 Å². The topological polar surface area (TPSA) is 56.7 Å². The minimum Gasteiger partial charge on any atom is -0.325 e. The molecule has 1 saturated carbocycles. The summed E-state index contributed by atoms with van der Waals surface area (Å²) < 4.78 is 3.01. The molecule has 1 aliphatic rings. The zero-order valence-corrected chi connectivity index (χ0v) is 10.9. The van der Waals surface area contributed by atoms with Gasteiger partial charge in [-0.2, -0.15) is 0 Å². The molecule has 5 heteroatoms. The lowest BCUT2D eigenvalue weighted by Gasteiger charge is -2.05. The van der Waals surface area contributed by atoms with Crippen molar-refractivity contribution in [3.63, 3.8) is 0 Å². The van der Waals surface area contributed by atoms with Crippen LogP contribution in [0.25, 0.3) is 11.3 Å². The highest BCUT2D eigenvalue weighted by molar-refractivity contribution is 9.10. The predicted molar refractivity (Wildman–Crippen MR) is 69.3 cm³/mol. The number of hydrogen-bond donors (Lipinski definition) is 1. The quantitative estimate of drug-likeness (QED) is 0.946. The van der Waals surface area contributed by atoms with Gasteiger partial charge in [-0.1, -0.05) is 39.3 Å². The Hall–Kier alpha value is -1.20. The van der Waals surface area contributed by atoms with Gasteiger partial charge in [-0.05, 0) is 18.9 Å². The predicted octanol–water partition coefficient (Wildman–Crippen LogP) is 2.50. The standard InChI is InChI=1S/C12H13BrN4/c13-10-4-2-1-3-9(10)12-11(7-14)17(16-15-12)8-5-6-8/h1-4,8H,5-7,14H2. The van der Waals surface area contributed by atoms with Crippen LogP contribution in [-0.4, -0.2) is 15.0 Å². The second-order valence-electron chi connectivity index (χ2n) is 4.24. The van der Waals surface area contributed by atoms with Gasteiger partial charge in [0, 0.05) is 16.6 Å². The minimum atomic E-state index is 0.472. The highest BCUT2D eigenvalue weighted by Gasteiger charge is 2.28. The maximum absolute atomic E-state index is 5.83. The van der Waals surface area contributed by atoms with Gasteiger partial charge in [0.25, 0.3) is 0 Å². The molecule has 1 aromatic heterocycles. The first-order valence-electron chi connectivity index (χ1n) is 5.70. The number of rotatable bonds is 3. The van der Waals surface area contributed by atoms with Gasteiger partial charge < -0.3 is 5.73 Å². The van der Waals surface area contributed by atoms with Crippen LogP contribution in [0.5, 0.6) is 0 Å². The molecule has 0 saturated heterocycles. The summed E-state index contributed by atoms with van der Waals surface area (Å²) >= 11 is 3.54. The second kappa shape index (κ2) is 4.23.